The van der Waals surface area contributed by atoms with Gasteiger partial charge in [-0.25, -0.2) is 0 Å². The average Bonchev–Trinajstić information content (AvgIpc) is 2.79. The van der Waals surface area contributed by atoms with Gasteiger partial charge >= 0.3 is 0 Å². The number of aryl methyl sites for hydroxylation is 1. The lowest BCUT2D eigenvalue weighted by Crippen LogP contribution is -2.07. The Kier molecular flexibility index (Phi) is 5.28. The molecule has 2 aromatic rings. The quantitative estimate of drug-likeness (QED) is 0.681. The highest BCUT2D eigenvalue weighted by Crippen LogP contribution is 2.29. The normalized spacial score (nSPS) is 12.7. The Hall–Kier alpha value is -0.800. The Labute approximate surface area is 134 Å². The summed E-state index contributed by atoms with van der Waals surface area (Å²) in [5, 5.41) is 4.78. The molecule has 4 heteroatoms. The zero-order valence-electron chi connectivity index (χ0n) is 12.2. The van der Waals surface area contributed by atoms with Crippen LogP contribution in [-0.2, 0) is 19.4 Å². The maximum Gasteiger partial charge on any atom is 0.0673 e. The lowest BCUT2D eigenvalue weighted by molar-refractivity contribution is 0.638. The van der Waals surface area contributed by atoms with Gasteiger partial charge in [0.2, 0.25) is 0 Å². The fourth-order valence-electron chi connectivity index (χ4n) is 2.58. The third-order valence-corrected chi connectivity index (χ3v) is 4.51. The number of benzene rings is 1. The monoisotopic (exact) mass is 354 g/mol. The van der Waals surface area contributed by atoms with Crippen LogP contribution in [0.4, 0.5) is 0 Å². The van der Waals surface area contributed by atoms with Crippen molar-refractivity contribution >= 4 is 27.5 Å². The maximum absolute atomic E-state index is 6.36. The number of nitrogens with zero attached hydrogens (tertiary/aromatic N) is 2. The number of aromatic nitrogens is 2. The molecule has 0 saturated carbocycles. The van der Waals surface area contributed by atoms with Crippen LogP contribution >= 0.6 is 27.5 Å². The van der Waals surface area contributed by atoms with Gasteiger partial charge in [0.1, 0.15) is 0 Å². The van der Waals surface area contributed by atoms with Gasteiger partial charge in [0.15, 0.2) is 0 Å². The summed E-state index contributed by atoms with van der Waals surface area (Å²) in [5.74, 6) is 0. The molecule has 1 heterocycles. The molecule has 1 aromatic heterocycles. The van der Waals surface area contributed by atoms with Crippen LogP contribution in [0.1, 0.15) is 48.7 Å². The van der Waals surface area contributed by atoms with Gasteiger partial charge in [-0.1, -0.05) is 48.0 Å². The first kappa shape index (κ1) is 15.6. The van der Waals surface area contributed by atoms with E-state index in [1.807, 2.05) is 13.0 Å². The van der Waals surface area contributed by atoms with Gasteiger partial charge in [-0.05, 0) is 31.4 Å². The molecule has 0 N–H and O–H groups in total. The summed E-state index contributed by atoms with van der Waals surface area (Å²) in [4.78, 5) is 0. The summed E-state index contributed by atoms with van der Waals surface area (Å²) in [7, 11) is 0. The molecule has 0 radical (unpaired) electrons. The molecule has 0 aliphatic heterocycles. The number of hydrogen-bond acceptors (Lipinski definition) is 1. The Bertz CT molecular complexity index is 590. The summed E-state index contributed by atoms with van der Waals surface area (Å²) < 4.78 is 3.23. The largest absolute Gasteiger partial charge is 0.265 e. The first-order valence-electron chi connectivity index (χ1n) is 7.04. The van der Waals surface area contributed by atoms with E-state index < -0.39 is 0 Å². The molecule has 1 atom stereocenters. The number of halogens is 2. The zero-order chi connectivity index (χ0) is 14.7. The SMILES string of the molecule is CCc1nn(Cc2ccccc2Br)c(CC)c1C(C)Cl. The van der Waals surface area contributed by atoms with Crippen LogP contribution < -0.4 is 0 Å². The summed E-state index contributed by atoms with van der Waals surface area (Å²) in [5.41, 5.74) is 4.82. The number of alkyl halides is 1. The van der Waals surface area contributed by atoms with Gasteiger partial charge < -0.3 is 0 Å². The Morgan fingerprint density at radius 2 is 1.95 bits per heavy atom. The average molecular weight is 356 g/mol. The summed E-state index contributed by atoms with van der Waals surface area (Å²) in [6.45, 7) is 7.10. The minimum atomic E-state index is 0.00728. The fourth-order valence-corrected chi connectivity index (χ4v) is 3.24. The van der Waals surface area contributed by atoms with Crippen molar-refractivity contribution in [1.82, 2.24) is 9.78 Å². The fraction of sp³-hybridized carbons (Fsp3) is 0.438. The van der Waals surface area contributed by atoms with Crippen LogP contribution in [-0.4, -0.2) is 9.78 Å². The zero-order valence-corrected chi connectivity index (χ0v) is 14.5. The third-order valence-electron chi connectivity index (χ3n) is 3.52. The van der Waals surface area contributed by atoms with Crippen molar-refractivity contribution < 1.29 is 0 Å². The van der Waals surface area contributed by atoms with Gasteiger partial charge in [-0.2, -0.15) is 5.10 Å². The Morgan fingerprint density at radius 1 is 1.25 bits per heavy atom. The van der Waals surface area contributed by atoms with Crippen molar-refractivity contribution in [2.45, 2.75) is 45.5 Å². The standard InChI is InChI=1S/C16H20BrClN2/c1-4-14-16(11(3)18)15(5-2)20(19-14)10-12-8-6-7-9-13(12)17/h6-9,11H,4-5,10H2,1-3H3. The van der Waals surface area contributed by atoms with Crippen molar-refractivity contribution in [3.05, 3.63) is 51.3 Å². The molecule has 2 nitrogen and oxygen atoms in total. The minimum Gasteiger partial charge on any atom is -0.265 e. The van der Waals surface area contributed by atoms with Gasteiger partial charge in [0.25, 0.3) is 0 Å². The van der Waals surface area contributed by atoms with E-state index in [0.29, 0.717) is 0 Å². The van der Waals surface area contributed by atoms with Crippen molar-refractivity contribution in [2.75, 3.05) is 0 Å². The lowest BCUT2D eigenvalue weighted by atomic mass is 10.1. The molecule has 0 fully saturated rings. The van der Waals surface area contributed by atoms with E-state index in [1.54, 1.807) is 0 Å². The number of hydrogen-bond donors (Lipinski definition) is 0. The second kappa shape index (κ2) is 6.77. The second-order valence-electron chi connectivity index (χ2n) is 4.88. The summed E-state index contributed by atoms with van der Waals surface area (Å²) in [6.07, 6.45) is 1.87. The Morgan fingerprint density at radius 3 is 2.50 bits per heavy atom. The van der Waals surface area contributed by atoms with E-state index in [0.717, 1.165) is 29.6 Å². The maximum atomic E-state index is 6.36. The molecular formula is C16H20BrClN2. The van der Waals surface area contributed by atoms with E-state index in [1.165, 1.54) is 16.8 Å². The smallest absolute Gasteiger partial charge is 0.0673 e. The molecule has 0 spiro atoms. The van der Waals surface area contributed by atoms with E-state index in [9.17, 15) is 0 Å². The van der Waals surface area contributed by atoms with E-state index in [2.05, 4.69) is 52.7 Å². The van der Waals surface area contributed by atoms with Crippen molar-refractivity contribution in [2.24, 2.45) is 0 Å². The minimum absolute atomic E-state index is 0.00728. The van der Waals surface area contributed by atoms with Crippen LogP contribution in [0.15, 0.2) is 28.7 Å². The Balaban J connectivity index is 2.44. The van der Waals surface area contributed by atoms with Gasteiger partial charge in [0, 0.05) is 15.7 Å². The highest BCUT2D eigenvalue weighted by molar-refractivity contribution is 9.10. The molecule has 0 aliphatic carbocycles. The van der Waals surface area contributed by atoms with Crippen molar-refractivity contribution in [3.63, 3.8) is 0 Å². The molecule has 20 heavy (non-hydrogen) atoms. The first-order chi connectivity index (χ1) is 9.58. The molecule has 0 bridgehead atoms. The molecule has 0 saturated heterocycles. The van der Waals surface area contributed by atoms with Gasteiger partial charge in [-0.3, -0.25) is 4.68 Å². The van der Waals surface area contributed by atoms with E-state index in [-0.39, 0.29) is 5.38 Å². The van der Waals surface area contributed by atoms with Crippen LogP contribution in [0.5, 0.6) is 0 Å². The molecule has 1 unspecified atom stereocenters. The predicted octanol–water partition coefficient (Wildman–Crippen LogP) is 5.12. The molecule has 1 aromatic carbocycles. The molecule has 0 amide bonds. The number of rotatable bonds is 5. The lowest BCUT2D eigenvalue weighted by Gasteiger charge is -2.10. The van der Waals surface area contributed by atoms with Crippen molar-refractivity contribution in [3.8, 4) is 0 Å². The first-order valence-corrected chi connectivity index (χ1v) is 8.27. The van der Waals surface area contributed by atoms with Gasteiger partial charge in [-0.15, -0.1) is 11.6 Å². The highest BCUT2D eigenvalue weighted by atomic mass is 79.9. The third kappa shape index (κ3) is 3.09. The van der Waals surface area contributed by atoms with Crippen LogP contribution in [0.3, 0.4) is 0 Å². The molecular weight excluding hydrogens is 336 g/mol. The molecule has 108 valence electrons. The van der Waals surface area contributed by atoms with Crippen LogP contribution in [0.2, 0.25) is 0 Å². The van der Waals surface area contributed by atoms with E-state index in [4.69, 9.17) is 16.7 Å². The summed E-state index contributed by atoms with van der Waals surface area (Å²) >= 11 is 9.96. The van der Waals surface area contributed by atoms with Crippen molar-refractivity contribution in [1.29, 1.82) is 0 Å². The van der Waals surface area contributed by atoms with Crippen LogP contribution in [0, 0.1) is 0 Å². The highest BCUT2D eigenvalue weighted by Gasteiger charge is 2.19. The topological polar surface area (TPSA) is 17.8 Å². The molecule has 0 aliphatic rings. The van der Waals surface area contributed by atoms with E-state index >= 15 is 0 Å². The van der Waals surface area contributed by atoms with Gasteiger partial charge in [0.05, 0.1) is 17.6 Å². The molecule has 2 rings (SSSR count). The van der Waals surface area contributed by atoms with Crippen LogP contribution in [0.25, 0.3) is 0 Å². The summed E-state index contributed by atoms with van der Waals surface area (Å²) in [6, 6.07) is 8.28. The second-order valence-corrected chi connectivity index (χ2v) is 6.39. The predicted molar refractivity (Wildman–Crippen MR) is 88.5 cm³/mol.